The lowest BCUT2D eigenvalue weighted by atomic mass is 9.63. The highest BCUT2D eigenvalue weighted by Gasteiger charge is 2.56. The first-order chi connectivity index (χ1) is 16.0. The Hall–Kier alpha value is -2.64. The summed E-state index contributed by atoms with van der Waals surface area (Å²) >= 11 is 9.75. The van der Waals surface area contributed by atoms with Crippen LogP contribution in [0.3, 0.4) is 0 Å². The Morgan fingerprint density at radius 3 is 2.39 bits per heavy atom. The monoisotopic (exact) mass is 528 g/mol. The van der Waals surface area contributed by atoms with E-state index in [4.69, 9.17) is 21.1 Å². The number of hydrogen-bond acceptors (Lipinski definition) is 5. The van der Waals surface area contributed by atoms with Gasteiger partial charge in [0.25, 0.3) is 11.8 Å². The minimum atomic E-state index is -0.278. The molecule has 1 saturated carbocycles. The standard InChI is InChI=1S/C25H22BrClN2O4/c1-32-20-11-14(10-18(26)23(20)33-13-17-4-2-3-5-19(17)27)12-28-29-24(30)21-15-6-7-16(9-8-15)22(21)25(29)31/h2-7,10-12,15-16,21-22H,8-9,13H2,1H3/b28-12-/t15-,16-,21-,22-/m0/s1. The van der Waals surface area contributed by atoms with Crippen LogP contribution in [-0.2, 0) is 16.2 Å². The van der Waals surface area contributed by atoms with Gasteiger partial charge < -0.3 is 9.47 Å². The molecule has 170 valence electrons. The molecule has 0 spiro atoms. The maximum Gasteiger partial charge on any atom is 0.254 e. The Morgan fingerprint density at radius 1 is 1.12 bits per heavy atom. The number of allylic oxidation sites excluding steroid dienone is 2. The van der Waals surface area contributed by atoms with E-state index < -0.39 is 0 Å². The SMILES string of the molecule is COc1cc(/C=N\N2C(=O)[C@@H]3[C@@H](C2=O)[C@H]2C=C[C@H]3CC2)cc(Br)c1OCc1ccccc1Cl. The summed E-state index contributed by atoms with van der Waals surface area (Å²) < 4.78 is 12.1. The first kappa shape index (κ1) is 22.2. The van der Waals surface area contributed by atoms with Crippen molar-refractivity contribution in [2.24, 2.45) is 28.8 Å². The fourth-order valence-corrected chi connectivity index (χ4v) is 5.78. The van der Waals surface area contributed by atoms with E-state index in [9.17, 15) is 9.59 Å². The molecule has 8 heteroatoms. The summed E-state index contributed by atoms with van der Waals surface area (Å²) in [4.78, 5) is 25.9. The molecule has 2 amide bonds. The Labute approximate surface area is 205 Å². The number of fused-ring (bicyclic) bond motifs is 1. The van der Waals surface area contributed by atoms with Crippen LogP contribution in [-0.4, -0.2) is 30.1 Å². The van der Waals surface area contributed by atoms with Gasteiger partial charge >= 0.3 is 0 Å². The molecule has 2 aromatic rings. The predicted octanol–water partition coefficient (Wildman–Crippen LogP) is 5.22. The minimum Gasteiger partial charge on any atom is -0.493 e. The zero-order valence-electron chi connectivity index (χ0n) is 17.9. The van der Waals surface area contributed by atoms with Crippen molar-refractivity contribution in [1.82, 2.24) is 5.01 Å². The number of amides is 2. The van der Waals surface area contributed by atoms with E-state index in [0.29, 0.717) is 26.6 Å². The Bertz CT molecular complexity index is 1150. The lowest BCUT2D eigenvalue weighted by Crippen LogP contribution is -2.38. The highest BCUT2D eigenvalue weighted by Crippen LogP contribution is 2.49. The second-order valence-electron chi connectivity index (χ2n) is 8.49. The second kappa shape index (κ2) is 8.95. The van der Waals surface area contributed by atoms with Crippen molar-refractivity contribution < 1.29 is 19.1 Å². The number of nitrogens with zero attached hydrogens (tertiary/aromatic N) is 2. The Kier molecular flexibility index (Phi) is 6.01. The molecule has 0 unspecified atom stereocenters. The van der Waals surface area contributed by atoms with Gasteiger partial charge in [-0.1, -0.05) is 42.0 Å². The van der Waals surface area contributed by atoms with E-state index >= 15 is 0 Å². The maximum atomic E-state index is 12.9. The first-order valence-electron chi connectivity index (χ1n) is 10.8. The number of rotatable bonds is 6. The third-order valence-electron chi connectivity index (χ3n) is 6.64. The van der Waals surface area contributed by atoms with Gasteiger partial charge in [-0.2, -0.15) is 10.1 Å². The van der Waals surface area contributed by atoms with Crippen LogP contribution in [0.25, 0.3) is 0 Å². The van der Waals surface area contributed by atoms with Gasteiger partial charge in [0.1, 0.15) is 6.61 Å². The van der Waals surface area contributed by atoms with Gasteiger partial charge in [0.15, 0.2) is 11.5 Å². The number of halogens is 2. The molecule has 1 heterocycles. The summed E-state index contributed by atoms with van der Waals surface area (Å²) in [7, 11) is 1.55. The fraction of sp³-hybridized carbons (Fsp3) is 0.320. The smallest absolute Gasteiger partial charge is 0.254 e. The summed E-state index contributed by atoms with van der Waals surface area (Å²) in [5, 5.41) is 5.95. The molecule has 2 bridgehead atoms. The highest BCUT2D eigenvalue weighted by atomic mass is 79.9. The van der Waals surface area contributed by atoms with Gasteiger partial charge in [-0.15, -0.1) is 0 Å². The van der Waals surface area contributed by atoms with Crippen LogP contribution >= 0.6 is 27.5 Å². The van der Waals surface area contributed by atoms with E-state index in [1.807, 2.05) is 24.3 Å². The van der Waals surface area contributed by atoms with Crippen LogP contribution < -0.4 is 9.47 Å². The minimum absolute atomic E-state index is 0.139. The predicted molar refractivity (Wildman–Crippen MR) is 128 cm³/mol. The molecule has 6 rings (SSSR count). The van der Waals surface area contributed by atoms with Gasteiger partial charge in [0, 0.05) is 10.6 Å². The number of carbonyl (C=O) groups is 2. The number of hydrazone groups is 1. The van der Waals surface area contributed by atoms with Gasteiger partial charge in [0.2, 0.25) is 0 Å². The zero-order valence-corrected chi connectivity index (χ0v) is 20.3. The molecule has 2 aromatic carbocycles. The molecule has 1 saturated heterocycles. The molecule has 33 heavy (non-hydrogen) atoms. The van der Waals surface area contributed by atoms with Crippen molar-refractivity contribution in [3.8, 4) is 11.5 Å². The molecule has 0 radical (unpaired) electrons. The van der Waals surface area contributed by atoms with Gasteiger partial charge in [-0.25, -0.2) is 0 Å². The molecular formula is C25H22BrClN2O4. The van der Waals surface area contributed by atoms with Crippen LogP contribution in [0, 0.1) is 23.7 Å². The van der Waals surface area contributed by atoms with Gasteiger partial charge in [0.05, 0.1) is 29.6 Å². The number of ether oxygens (including phenoxy) is 2. The van der Waals surface area contributed by atoms with Crippen LogP contribution in [0.2, 0.25) is 5.02 Å². The van der Waals surface area contributed by atoms with E-state index in [1.165, 1.54) is 6.21 Å². The second-order valence-corrected chi connectivity index (χ2v) is 9.75. The quantitative estimate of drug-likeness (QED) is 0.292. The topological polar surface area (TPSA) is 68.2 Å². The number of imide groups is 1. The lowest BCUT2D eigenvalue weighted by Gasteiger charge is -2.37. The molecular weight excluding hydrogens is 508 g/mol. The van der Waals surface area contributed by atoms with E-state index in [2.05, 4.69) is 33.2 Å². The number of benzene rings is 2. The fourth-order valence-electron chi connectivity index (χ4n) is 5.02. The van der Waals surface area contributed by atoms with Crippen LogP contribution in [0.1, 0.15) is 24.0 Å². The van der Waals surface area contributed by atoms with Crippen molar-refractivity contribution in [2.75, 3.05) is 7.11 Å². The third kappa shape index (κ3) is 3.97. The third-order valence-corrected chi connectivity index (χ3v) is 7.60. The van der Waals surface area contributed by atoms with Crippen molar-refractivity contribution in [3.63, 3.8) is 0 Å². The Morgan fingerprint density at radius 2 is 1.79 bits per heavy atom. The summed E-state index contributed by atoms with van der Waals surface area (Å²) in [6.07, 6.45) is 7.61. The summed E-state index contributed by atoms with van der Waals surface area (Å²) in [5.41, 5.74) is 1.52. The van der Waals surface area contributed by atoms with E-state index in [0.717, 1.165) is 23.4 Å². The molecule has 3 aliphatic carbocycles. The Balaban J connectivity index is 1.35. The van der Waals surface area contributed by atoms with Crippen molar-refractivity contribution >= 4 is 45.6 Å². The van der Waals surface area contributed by atoms with Crippen molar-refractivity contribution in [1.29, 1.82) is 0 Å². The first-order valence-corrected chi connectivity index (χ1v) is 12.0. The molecule has 6 nitrogen and oxygen atoms in total. The molecule has 4 aliphatic rings. The number of methoxy groups -OCH3 is 1. The summed E-state index contributed by atoms with van der Waals surface area (Å²) in [6.45, 7) is 0.276. The average Bonchev–Trinajstić information content (AvgIpc) is 3.10. The molecule has 0 aromatic heterocycles. The average molecular weight is 530 g/mol. The molecule has 2 fully saturated rings. The highest BCUT2D eigenvalue weighted by molar-refractivity contribution is 9.10. The van der Waals surface area contributed by atoms with Gasteiger partial charge in [-0.05, 0) is 64.4 Å². The van der Waals surface area contributed by atoms with Gasteiger partial charge in [-0.3, -0.25) is 9.59 Å². The van der Waals surface area contributed by atoms with E-state index in [-0.39, 0.29) is 42.1 Å². The summed E-state index contributed by atoms with van der Waals surface area (Å²) in [6, 6.07) is 11.0. The van der Waals surface area contributed by atoms with Crippen molar-refractivity contribution in [3.05, 3.63) is 69.2 Å². The molecule has 1 aliphatic heterocycles. The van der Waals surface area contributed by atoms with E-state index in [1.54, 1.807) is 19.2 Å². The van der Waals surface area contributed by atoms with Crippen LogP contribution in [0.5, 0.6) is 11.5 Å². The normalized spacial score (nSPS) is 25.7. The summed E-state index contributed by atoms with van der Waals surface area (Å²) in [5.74, 6) is 0.336. The maximum absolute atomic E-state index is 12.9. The molecule has 4 atom stereocenters. The number of carbonyl (C=O) groups excluding carboxylic acids is 2. The zero-order chi connectivity index (χ0) is 23.1. The number of hydrogen-bond donors (Lipinski definition) is 0. The van der Waals surface area contributed by atoms with Crippen molar-refractivity contribution in [2.45, 2.75) is 19.4 Å². The van der Waals surface area contributed by atoms with Crippen LogP contribution in [0.15, 0.2) is 58.1 Å². The molecule has 0 N–H and O–H groups in total. The largest absolute Gasteiger partial charge is 0.493 e. The van der Waals surface area contributed by atoms with Crippen LogP contribution in [0.4, 0.5) is 0 Å². The lowest BCUT2D eigenvalue weighted by molar-refractivity contribution is -0.140.